The molecule has 4 heteroatoms. The van der Waals surface area contributed by atoms with E-state index in [2.05, 4.69) is 5.32 Å². The molecule has 3 nitrogen and oxygen atoms in total. The van der Waals surface area contributed by atoms with E-state index in [1.165, 1.54) is 12.1 Å². The maximum absolute atomic E-state index is 12.9. The lowest BCUT2D eigenvalue weighted by Gasteiger charge is -2.20. The molecule has 0 fully saturated rings. The zero-order chi connectivity index (χ0) is 15.2. The van der Waals surface area contributed by atoms with E-state index in [0.717, 1.165) is 11.1 Å². The molecule has 0 bridgehead atoms. The molecule has 0 saturated heterocycles. The third kappa shape index (κ3) is 4.39. The van der Waals surface area contributed by atoms with Crippen molar-refractivity contribution >= 4 is 5.97 Å². The summed E-state index contributed by atoms with van der Waals surface area (Å²) in [6, 6.07) is 14.5. The second-order valence-corrected chi connectivity index (χ2v) is 5.08. The van der Waals surface area contributed by atoms with Gasteiger partial charge >= 0.3 is 5.97 Å². The molecule has 0 amide bonds. The van der Waals surface area contributed by atoms with Crippen LogP contribution in [0, 0.1) is 5.82 Å². The molecule has 2 N–H and O–H groups in total. The number of benzene rings is 2. The molecule has 21 heavy (non-hydrogen) atoms. The lowest BCUT2D eigenvalue weighted by atomic mass is 10.0. The summed E-state index contributed by atoms with van der Waals surface area (Å²) in [5.41, 5.74) is 1.68. The minimum Gasteiger partial charge on any atom is -0.480 e. The van der Waals surface area contributed by atoms with E-state index in [4.69, 9.17) is 0 Å². The highest BCUT2D eigenvalue weighted by atomic mass is 19.1. The number of carboxylic acids is 1. The fraction of sp³-hybridized carbons (Fsp3) is 0.235. The zero-order valence-electron chi connectivity index (χ0n) is 11.8. The molecule has 0 aromatic heterocycles. The first-order valence-corrected chi connectivity index (χ1v) is 6.84. The van der Waals surface area contributed by atoms with Gasteiger partial charge in [0, 0.05) is 6.04 Å². The monoisotopic (exact) mass is 287 g/mol. The summed E-state index contributed by atoms with van der Waals surface area (Å²) in [5.74, 6) is -1.18. The standard InChI is InChI=1S/C17H18FNO2/c1-12(11-13-7-9-15(18)10-8-13)19-16(17(20)21)14-5-3-2-4-6-14/h2-10,12,16,19H,11H2,1H3,(H,20,21). The van der Waals surface area contributed by atoms with Crippen molar-refractivity contribution in [2.75, 3.05) is 0 Å². The van der Waals surface area contributed by atoms with E-state index < -0.39 is 12.0 Å². The van der Waals surface area contributed by atoms with Crippen LogP contribution in [-0.2, 0) is 11.2 Å². The first-order chi connectivity index (χ1) is 10.1. The van der Waals surface area contributed by atoms with Crippen LogP contribution in [-0.4, -0.2) is 17.1 Å². The van der Waals surface area contributed by atoms with Gasteiger partial charge in [-0.05, 0) is 36.6 Å². The Bertz CT molecular complexity index is 583. The van der Waals surface area contributed by atoms with Crippen molar-refractivity contribution < 1.29 is 14.3 Å². The maximum atomic E-state index is 12.9. The van der Waals surface area contributed by atoms with Gasteiger partial charge in [0.15, 0.2) is 0 Å². The minimum atomic E-state index is -0.910. The molecule has 0 aliphatic heterocycles. The third-order valence-electron chi connectivity index (χ3n) is 3.29. The van der Waals surface area contributed by atoms with Gasteiger partial charge in [-0.3, -0.25) is 10.1 Å². The lowest BCUT2D eigenvalue weighted by molar-refractivity contribution is -0.139. The van der Waals surface area contributed by atoms with Crippen molar-refractivity contribution in [3.8, 4) is 0 Å². The van der Waals surface area contributed by atoms with Crippen LogP contribution in [0.15, 0.2) is 54.6 Å². The molecule has 0 aliphatic carbocycles. The van der Waals surface area contributed by atoms with Gasteiger partial charge < -0.3 is 5.11 Å². The third-order valence-corrected chi connectivity index (χ3v) is 3.29. The Kier molecular flexibility index (Phi) is 5.06. The first-order valence-electron chi connectivity index (χ1n) is 6.84. The van der Waals surface area contributed by atoms with Crippen molar-refractivity contribution in [2.45, 2.75) is 25.4 Å². The molecule has 2 aromatic rings. The summed E-state index contributed by atoms with van der Waals surface area (Å²) in [6.07, 6.45) is 0.636. The van der Waals surface area contributed by atoms with Gasteiger partial charge in [0.1, 0.15) is 11.9 Å². The van der Waals surface area contributed by atoms with Crippen LogP contribution in [0.3, 0.4) is 0 Å². The molecule has 0 aliphatic rings. The number of aliphatic carboxylic acids is 1. The average molecular weight is 287 g/mol. The molecule has 0 heterocycles. The summed E-state index contributed by atoms with van der Waals surface area (Å²) in [4.78, 5) is 11.4. The largest absolute Gasteiger partial charge is 0.480 e. The van der Waals surface area contributed by atoms with Crippen LogP contribution in [0.5, 0.6) is 0 Å². The molecule has 110 valence electrons. The number of carbonyl (C=O) groups is 1. The summed E-state index contributed by atoms with van der Waals surface area (Å²) in [5, 5.41) is 12.5. The van der Waals surface area contributed by atoms with Gasteiger partial charge in [0.2, 0.25) is 0 Å². The van der Waals surface area contributed by atoms with Gasteiger partial charge in [-0.1, -0.05) is 42.5 Å². The number of hydrogen-bond donors (Lipinski definition) is 2. The smallest absolute Gasteiger partial charge is 0.325 e. The Morgan fingerprint density at radius 2 is 1.76 bits per heavy atom. The maximum Gasteiger partial charge on any atom is 0.325 e. The number of halogens is 1. The minimum absolute atomic E-state index is 0.0447. The summed E-state index contributed by atoms with van der Waals surface area (Å²) in [7, 11) is 0. The molecule has 0 radical (unpaired) electrons. The Balaban J connectivity index is 2.03. The molecular weight excluding hydrogens is 269 g/mol. The average Bonchev–Trinajstić information content (AvgIpc) is 2.48. The Labute approximate surface area is 123 Å². The molecule has 2 atom stereocenters. The van der Waals surface area contributed by atoms with E-state index >= 15 is 0 Å². The molecule has 2 unspecified atom stereocenters. The fourth-order valence-corrected chi connectivity index (χ4v) is 2.27. The van der Waals surface area contributed by atoms with Crippen molar-refractivity contribution in [2.24, 2.45) is 0 Å². The number of nitrogens with one attached hydrogen (secondary N) is 1. The summed E-state index contributed by atoms with van der Waals surface area (Å²) < 4.78 is 12.9. The van der Waals surface area contributed by atoms with Gasteiger partial charge in [-0.15, -0.1) is 0 Å². The first kappa shape index (κ1) is 15.2. The highest BCUT2D eigenvalue weighted by Gasteiger charge is 2.21. The molecule has 0 saturated carbocycles. The highest BCUT2D eigenvalue weighted by Crippen LogP contribution is 2.15. The van der Waals surface area contributed by atoms with Crippen molar-refractivity contribution in [3.63, 3.8) is 0 Å². The Morgan fingerprint density at radius 1 is 1.14 bits per heavy atom. The van der Waals surface area contributed by atoms with E-state index in [-0.39, 0.29) is 11.9 Å². The van der Waals surface area contributed by atoms with E-state index in [1.54, 1.807) is 24.3 Å². The SMILES string of the molecule is CC(Cc1ccc(F)cc1)NC(C(=O)O)c1ccccc1. The zero-order valence-corrected chi connectivity index (χ0v) is 11.8. The van der Waals surface area contributed by atoms with Crippen LogP contribution in [0.4, 0.5) is 4.39 Å². The second kappa shape index (κ2) is 6.99. The van der Waals surface area contributed by atoms with Crippen molar-refractivity contribution in [3.05, 3.63) is 71.5 Å². The number of rotatable bonds is 6. The van der Waals surface area contributed by atoms with E-state index in [0.29, 0.717) is 6.42 Å². The van der Waals surface area contributed by atoms with Crippen LogP contribution in [0.25, 0.3) is 0 Å². The van der Waals surface area contributed by atoms with Gasteiger partial charge in [0.05, 0.1) is 0 Å². The van der Waals surface area contributed by atoms with Crippen molar-refractivity contribution in [1.82, 2.24) is 5.32 Å². The van der Waals surface area contributed by atoms with E-state index in [1.807, 2.05) is 25.1 Å². The predicted octanol–water partition coefficient (Wildman–Crippen LogP) is 3.17. The molecule has 2 aromatic carbocycles. The van der Waals surface area contributed by atoms with Gasteiger partial charge in [-0.2, -0.15) is 0 Å². The molecule has 2 rings (SSSR count). The number of carboxylic acid groups (broad SMARTS) is 1. The van der Waals surface area contributed by atoms with Crippen molar-refractivity contribution in [1.29, 1.82) is 0 Å². The highest BCUT2D eigenvalue weighted by molar-refractivity contribution is 5.75. The van der Waals surface area contributed by atoms with Crippen LogP contribution >= 0.6 is 0 Å². The fourth-order valence-electron chi connectivity index (χ4n) is 2.27. The van der Waals surface area contributed by atoms with Gasteiger partial charge in [-0.25, -0.2) is 4.39 Å². The number of hydrogen-bond acceptors (Lipinski definition) is 2. The van der Waals surface area contributed by atoms with E-state index in [9.17, 15) is 14.3 Å². The summed E-state index contributed by atoms with van der Waals surface area (Å²) in [6.45, 7) is 1.92. The van der Waals surface area contributed by atoms with Crippen LogP contribution < -0.4 is 5.32 Å². The normalized spacial score (nSPS) is 13.6. The summed E-state index contributed by atoms with van der Waals surface area (Å²) >= 11 is 0. The lowest BCUT2D eigenvalue weighted by Crippen LogP contribution is -2.36. The quantitative estimate of drug-likeness (QED) is 0.858. The molecule has 0 spiro atoms. The topological polar surface area (TPSA) is 49.3 Å². The van der Waals surface area contributed by atoms with Crippen LogP contribution in [0.2, 0.25) is 0 Å². The second-order valence-electron chi connectivity index (χ2n) is 5.08. The van der Waals surface area contributed by atoms with Gasteiger partial charge in [0.25, 0.3) is 0 Å². The predicted molar refractivity (Wildman–Crippen MR) is 79.5 cm³/mol. The van der Waals surface area contributed by atoms with Crippen LogP contribution in [0.1, 0.15) is 24.1 Å². The Morgan fingerprint density at radius 3 is 2.33 bits per heavy atom. The Hall–Kier alpha value is -2.20. The molecular formula is C17H18FNO2.